The van der Waals surface area contributed by atoms with Crippen LogP contribution < -0.4 is 4.74 Å². The van der Waals surface area contributed by atoms with Crippen LogP contribution in [0.15, 0.2) is 41.2 Å². The lowest BCUT2D eigenvalue weighted by molar-refractivity contribution is 0.346. The summed E-state index contributed by atoms with van der Waals surface area (Å²) in [6.07, 6.45) is 1.04. The minimum Gasteiger partial charge on any atom is -0.492 e. The molecule has 1 rings (SSSR count). The van der Waals surface area contributed by atoms with E-state index in [1.165, 1.54) is 24.3 Å². The third-order valence-electron chi connectivity index (χ3n) is 2.14. The highest BCUT2D eigenvalue weighted by Crippen LogP contribution is 2.21. The van der Waals surface area contributed by atoms with Gasteiger partial charge in [0.15, 0.2) is 9.84 Å². The van der Waals surface area contributed by atoms with E-state index in [-0.39, 0.29) is 10.6 Å². The maximum atomic E-state index is 12.2. The zero-order valence-corrected chi connectivity index (χ0v) is 10.4. The first-order chi connectivity index (χ1) is 8.10. The zero-order valence-electron chi connectivity index (χ0n) is 9.57. The molecular formula is C10H11BF3O3S-. The lowest BCUT2D eigenvalue weighted by Crippen LogP contribution is -2.23. The first-order valence-corrected chi connectivity index (χ1v) is 6.80. The Morgan fingerprint density at radius 3 is 2.17 bits per heavy atom. The largest absolute Gasteiger partial charge is 0.508 e. The van der Waals surface area contributed by atoms with E-state index < -0.39 is 28.9 Å². The third kappa shape index (κ3) is 4.10. The van der Waals surface area contributed by atoms with Gasteiger partial charge < -0.3 is 17.7 Å². The molecule has 1 aromatic carbocycles. The van der Waals surface area contributed by atoms with Gasteiger partial charge in [0, 0.05) is 6.26 Å². The molecule has 0 saturated carbocycles. The van der Waals surface area contributed by atoms with Crippen molar-refractivity contribution in [3.63, 3.8) is 0 Å². The highest BCUT2D eigenvalue weighted by molar-refractivity contribution is 7.90. The molecule has 3 nitrogen and oxygen atoms in total. The summed E-state index contributed by atoms with van der Waals surface area (Å²) in [7, 11) is -3.32. The quantitative estimate of drug-likeness (QED) is 0.777. The Kier molecular flexibility index (Phi) is 4.10. The van der Waals surface area contributed by atoms with Crippen molar-refractivity contribution >= 4 is 16.8 Å². The summed E-state index contributed by atoms with van der Waals surface area (Å²) in [6, 6.07) is 5.14. The Balaban J connectivity index is 2.69. The molecule has 0 atom stereocenters. The second-order valence-corrected chi connectivity index (χ2v) is 5.78. The van der Waals surface area contributed by atoms with Gasteiger partial charge in [0.2, 0.25) is 0 Å². The fraction of sp³-hybridized carbons (Fsp3) is 0.200. The molecule has 8 heteroatoms. The van der Waals surface area contributed by atoms with Crippen LogP contribution in [0.1, 0.15) is 0 Å². The minimum absolute atomic E-state index is 0.0775. The van der Waals surface area contributed by atoms with E-state index in [1.807, 2.05) is 0 Å². The smallest absolute Gasteiger partial charge is 0.492 e. The Labute approximate surface area is 103 Å². The topological polar surface area (TPSA) is 43.4 Å². The fourth-order valence-electron chi connectivity index (χ4n) is 1.05. The van der Waals surface area contributed by atoms with Crippen LogP contribution in [0.25, 0.3) is 0 Å². The lowest BCUT2D eigenvalue weighted by atomic mass is 9.81. The predicted octanol–water partition coefficient (Wildman–Crippen LogP) is 2.41. The van der Waals surface area contributed by atoms with Gasteiger partial charge in [-0.1, -0.05) is 0 Å². The molecule has 0 spiro atoms. The summed E-state index contributed by atoms with van der Waals surface area (Å²) in [4.78, 5) is 0.0775. The van der Waals surface area contributed by atoms with Gasteiger partial charge in [-0.25, -0.2) is 8.42 Å². The van der Waals surface area contributed by atoms with Crippen LogP contribution in [0.5, 0.6) is 5.75 Å². The van der Waals surface area contributed by atoms with Crippen LogP contribution in [0.2, 0.25) is 0 Å². The van der Waals surface area contributed by atoms with Crippen molar-refractivity contribution in [3.05, 3.63) is 36.3 Å². The fourth-order valence-corrected chi connectivity index (χ4v) is 1.68. The van der Waals surface area contributed by atoms with Gasteiger partial charge in [-0.05, 0) is 24.3 Å². The third-order valence-corrected chi connectivity index (χ3v) is 3.27. The molecule has 0 fully saturated rings. The van der Waals surface area contributed by atoms with Gasteiger partial charge in [0.1, 0.15) is 5.75 Å². The molecule has 0 bridgehead atoms. The maximum Gasteiger partial charge on any atom is 0.508 e. The van der Waals surface area contributed by atoms with Crippen molar-refractivity contribution in [2.75, 3.05) is 12.9 Å². The van der Waals surface area contributed by atoms with E-state index >= 15 is 0 Å². The number of benzene rings is 1. The van der Waals surface area contributed by atoms with Crippen LogP contribution in [-0.2, 0) is 9.84 Å². The summed E-state index contributed by atoms with van der Waals surface area (Å²) in [5, 5.41) is 0. The molecule has 0 radical (unpaired) electrons. The van der Waals surface area contributed by atoms with E-state index in [0.29, 0.717) is 0 Å². The van der Waals surface area contributed by atoms with Crippen molar-refractivity contribution in [2.45, 2.75) is 4.90 Å². The molecule has 0 aliphatic rings. The SMILES string of the molecule is C=C(COc1ccc(S(C)(=O)=O)cc1)[B-](F)(F)F. The van der Waals surface area contributed by atoms with Crippen LogP contribution in [0, 0.1) is 0 Å². The van der Waals surface area contributed by atoms with Gasteiger partial charge >= 0.3 is 6.98 Å². The Bertz CT molecular complexity index is 534. The highest BCUT2D eigenvalue weighted by Gasteiger charge is 2.26. The summed E-state index contributed by atoms with van der Waals surface area (Å²) >= 11 is 0. The molecule has 1 aromatic rings. The Morgan fingerprint density at radius 2 is 1.78 bits per heavy atom. The van der Waals surface area contributed by atoms with E-state index in [4.69, 9.17) is 4.74 Å². The molecule has 0 amide bonds. The van der Waals surface area contributed by atoms with E-state index in [9.17, 15) is 21.4 Å². The molecule has 0 unspecified atom stereocenters. The Morgan fingerprint density at radius 1 is 1.28 bits per heavy atom. The number of hydrogen-bond acceptors (Lipinski definition) is 3. The number of halogens is 3. The number of sulfone groups is 1. The predicted molar refractivity (Wildman–Crippen MR) is 63.3 cm³/mol. The van der Waals surface area contributed by atoms with E-state index in [1.54, 1.807) is 0 Å². The maximum absolute atomic E-state index is 12.2. The molecule has 0 heterocycles. The van der Waals surface area contributed by atoms with Crippen molar-refractivity contribution in [1.29, 1.82) is 0 Å². The standard InChI is InChI=1S/C10H11BF3O3S/c1-8(11(12,13)14)7-17-9-3-5-10(6-4-9)18(2,15)16/h3-6H,1,7H2,2H3/q-1. The van der Waals surface area contributed by atoms with Crippen LogP contribution in [-0.4, -0.2) is 28.3 Å². The van der Waals surface area contributed by atoms with Crippen molar-refractivity contribution in [1.82, 2.24) is 0 Å². The number of rotatable bonds is 5. The van der Waals surface area contributed by atoms with E-state index in [2.05, 4.69) is 6.58 Å². The van der Waals surface area contributed by atoms with Gasteiger partial charge in [-0.3, -0.25) is 0 Å². The van der Waals surface area contributed by atoms with Crippen molar-refractivity contribution < 1.29 is 26.1 Å². The Hall–Kier alpha value is -1.44. The molecule has 100 valence electrons. The monoisotopic (exact) mass is 279 g/mol. The van der Waals surface area contributed by atoms with Crippen molar-refractivity contribution in [3.8, 4) is 5.75 Å². The lowest BCUT2D eigenvalue weighted by Gasteiger charge is -2.18. The molecule has 0 N–H and O–H groups in total. The molecular weight excluding hydrogens is 268 g/mol. The minimum atomic E-state index is -5.11. The normalized spacial score (nSPS) is 12.2. The average Bonchev–Trinajstić information content (AvgIpc) is 2.24. The van der Waals surface area contributed by atoms with E-state index in [0.717, 1.165) is 6.26 Å². The molecule has 0 aliphatic carbocycles. The first kappa shape index (κ1) is 14.6. The van der Waals surface area contributed by atoms with Crippen LogP contribution in [0.3, 0.4) is 0 Å². The number of ether oxygens (including phenoxy) is 1. The summed E-state index contributed by atoms with van der Waals surface area (Å²) in [5.74, 6) is 0.156. The first-order valence-electron chi connectivity index (χ1n) is 4.91. The van der Waals surface area contributed by atoms with Gasteiger partial charge in [-0.2, -0.15) is 0 Å². The zero-order chi connectivity index (χ0) is 14.0. The summed E-state index contributed by atoms with van der Waals surface area (Å²) in [5.41, 5.74) is -0.942. The molecule has 0 aliphatic heterocycles. The summed E-state index contributed by atoms with van der Waals surface area (Å²) < 4.78 is 63.7. The van der Waals surface area contributed by atoms with Crippen molar-refractivity contribution in [2.24, 2.45) is 0 Å². The summed E-state index contributed by atoms with van der Waals surface area (Å²) in [6.45, 7) is -2.90. The molecule has 18 heavy (non-hydrogen) atoms. The van der Waals surface area contributed by atoms with Gasteiger partial charge in [-0.15, -0.1) is 12.1 Å². The van der Waals surface area contributed by atoms with Gasteiger partial charge in [0.25, 0.3) is 0 Å². The second-order valence-electron chi connectivity index (χ2n) is 3.77. The molecule has 0 aromatic heterocycles. The van der Waals surface area contributed by atoms with Crippen LogP contribution >= 0.6 is 0 Å². The van der Waals surface area contributed by atoms with Crippen LogP contribution in [0.4, 0.5) is 12.9 Å². The average molecular weight is 279 g/mol. The number of hydrogen-bond donors (Lipinski definition) is 0. The second kappa shape index (κ2) is 5.05. The van der Waals surface area contributed by atoms with Gasteiger partial charge in [0.05, 0.1) is 11.5 Å². The highest BCUT2D eigenvalue weighted by atomic mass is 32.2. The molecule has 0 saturated heterocycles.